The van der Waals surface area contributed by atoms with Crippen LogP contribution in [0.5, 0.6) is 5.75 Å². The highest BCUT2D eigenvalue weighted by Crippen LogP contribution is 2.39. The van der Waals surface area contributed by atoms with Crippen LogP contribution in [0.2, 0.25) is 5.02 Å². The maximum atomic E-state index is 13.1. The summed E-state index contributed by atoms with van der Waals surface area (Å²) < 4.78 is 45.0. The van der Waals surface area contributed by atoms with Crippen molar-refractivity contribution in [1.82, 2.24) is 5.32 Å². The van der Waals surface area contributed by atoms with E-state index in [1.807, 2.05) is 6.92 Å². The molecule has 0 aromatic heterocycles. The van der Waals surface area contributed by atoms with Gasteiger partial charge in [-0.3, -0.25) is 0 Å². The molecular weight excluding hydrogens is 303 g/mol. The van der Waals surface area contributed by atoms with E-state index in [-0.39, 0.29) is 22.8 Å². The summed E-state index contributed by atoms with van der Waals surface area (Å²) in [4.78, 5) is 0. The number of rotatable bonds is 5. The van der Waals surface area contributed by atoms with Crippen LogP contribution in [0.1, 0.15) is 31.7 Å². The van der Waals surface area contributed by atoms with Crippen LogP contribution in [0.4, 0.5) is 13.2 Å². The molecule has 2 rings (SSSR count). The minimum atomic E-state index is -4.47. The Balaban J connectivity index is 2.23. The molecule has 1 N–H and O–H groups in total. The molecule has 0 unspecified atom stereocenters. The fourth-order valence-electron chi connectivity index (χ4n) is 2.66. The first-order chi connectivity index (χ1) is 9.91. The van der Waals surface area contributed by atoms with Crippen LogP contribution in [0.15, 0.2) is 18.2 Å². The Kier molecular flexibility index (Phi) is 5.38. The van der Waals surface area contributed by atoms with E-state index in [0.717, 1.165) is 38.4 Å². The molecule has 1 fully saturated rings. The first kappa shape index (κ1) is 16.4. The molecule has 0 radical (unpaired) electrons. The van der Waals surface area contributed by atoms with Crippen LogP contribution in [0, 0.1) is 5.92 Å². The number of alkyl halides is 3. The number of halogens is 4. The molecule has 6 heteroatoms. The Labute approximate surface area is 127 Å². The van der Waals surface area contributed by atoms with Gasteiger partial charge in [0.05, 0.1) is 5.56 Å². The molecule has 0 spiro atoms. The summed E-state index contributed by atoms with van der Waals surface area (Å²) in [6, 6.07) is 3.67. The molecule has 1 heterocycles. The second kappa shape index (κ2) is 6.88. The van der Waals surface area contributed by atoms with Gasteiger partial charge in [0.2, 0.25) is 0 Å². The molecule has 0 amide bonds. The van der Waals surface area contributed by atoms with Gasteiger partial charge >= 0.3 is 6.18 Å². The van der Waals surface area contributed by atoms with Crippen LogP contribution in [0.3, 0.4) is 0 Å². The fourth-order valence-corrected chi connectivity index (χ4v) is 2.83. The van der Waals surface area contributed by atoms with Crippen molar-refractivity contribution in [3.8, 4) is 5.75 Å². The molecule has 2 nitrogen and oxygen atoms in total. The lowest BCUT2D eigenvalue weighted by atomic mass is 9.97. The highest BCUT2D eigenvalue weighted by molar-refractivity contribution is 6.30. The van der Waals surface area contributed by atoms with Crippen molar-refractivity contribution in [1.29, 1.82) is 0 Å². The molecule has 0 bridgehead atoms. The van der Waals surface area contributed by atoms with Crippen LogP contribution < -0.4 is 10.1 Å². The lowest BCUT2D eigenvalue weighted by Crippen LogP contribution is -2.29. The van der Waals surface area contributed by atoms with E-state index in [1.165, 1.54) is 12.1 Å². The molecular formula is C15H19ClF3NO. The SMILES string of the molecule is CCC[C@@H](Oc1ccc(Cl)cc1C(F)(F)F)[C@H]1CCNC1. The normalized spacial score (nSPS) is 20.5. The van der Waals surface area contributed by atoms with Gasteiger partial charge in [0.15, 0.2) is 0 Å². The third-order valence-corrected chi connectivity index (χ3v) is 3.96. The zero-order valence-electron chi connectivity index (χ0n) is 11.8. The van der Waals surface area contributed by atoms with Gasteiger partial charge < -0.3 is 10.1 Å². The van der Waals surface area contributed by atoms with E-state index >= 15 is 0 Å². The first-order valence-corrected chi connectivity index (χ1v) is 7.53. The second-order valence-corrected chi connectivity index (χ2v) is 5.77. The number of benzene rings is 1. The Bertz CT molecular complexity index is 472. The van der Waals surface area contributed by atoms with Crippen molar-refractivity contribution >= 4 is 11.6 Å². The van der Waals surface area contributed by atoms with E-state index in [1.54, 1.807) is 0 Å². The zero-order chi connectivity index (χ0) is 15.5. The van der Waals surface area contributed by atoms with E-state index in [4.69, 9.17) is 16.3 Å². The molecule has 0 saturated carbocycles. The monoisotopic (exact) mass is 321 g/mol. The van der Waals surface area contributed by atoms with Gasteiger partial charge in [0.25, 0.3) is 0 Å². The summed E-state index contributed by atoms with van der Waals surface area (Å²) in [5.41, 5.74) is -0.804. The van der Waals surface area contributed by atoms with E-state index in [2.05, 4.69) is 5.32 Å². The topological polar surface area (TPSA) is 21.3 Å². The highest BCUT2D eigenvalue weighted by Gasteiger charge is 2.36. The Hall–Kier alpha value is -0.940. The molecule has 0 aliphatic carbocycles. The molecule has 1 saturated heterocycles. The Morgan fingerprint density at radius 1 is 1.43 bits per heavy atom. The molecule has 1 aliphatic heterocycles. The molecule has 21 heavy (non-hydrogen) atoms. The van der Waals surface area contributed by atoms with Crippen molar-refractivity contribution in [3.63, 3.8) is 0 Å². The number of hydrogen-bond acceptors (Lipinski definition) is 2. The summed E-state index contributed by atoms with van der Waals surface area (Å²) in [6.07, 6.45) is -2.13. The van der Waals surface area contributed by atoms with Gasteiger partial charge in [0.1, 0.15) is 11.9 Å². The smallest absolute Gasteiger partial charge is 0.420 e. The predicted octanol–water partition coefficient (Wildman–Crippen LogP) is 4.52. The van der Waals surface area contributed by atoms with Crippen molar-refractivity contribution in [2.24, 2.45) is 5.92 Å². The van der Waals surface area contributed by atoms with Crippen LogP contribution in [0.25, 0.3) is 0 Å². The van der Waals surface area contributed by atoms with Crippen molar-refractivity contribution in [2.75, 3.05) is 13.1 Å². The van der Waals surface area contributed by atoms with Crippen molar-refractivity contribution in [2.45, 2.75) is 38.5 Å². The van der Waals surface area contributed by atoms with Gasteiger partial charge in [0, 0.05) is 17.5 Å². The molecule has 1 aromatic rings. The number of nitrogens with one attached hydrogen (secondary N) is 1. The van der Waals surface area contributed by atoms with Gasteiger partial charge in [-0.2, -0.15) is 13.2 Å². The van der Waals surface area contributed by atoms with Crippen LogP contribution >= 0.6 is 11.6 Å². The Morgan fingerprint density at radius 3 is 2.76 bits per heavy atom. The highest BCUT2D eigenvalue weighted by atomic mass is 35.5. The predicted molar refractivity (Wildman–Crippen MR) is 76.8 cm³/mol. The molecule has 1 aromatic carbocycles. The molecule has 2 atom stereocenters. The molecule has 1 aliphatic rings. The summed E-state index contributed by atoms with van der Waals surface area (Å²) in [6.45, 7) is 3.69. The minimum Gasteiger partial charge on any atom is -0.489 e. The number of ether oxygens (including phenoxy) is 1. The van der Waals surface area contributed by atoms with E-state index < -0.39 is 11.7 Å². The summed E-state index contributed by atoms with van der Waals surface area (Å²) in [7, 11) is 0. The largest absolute Gasteiger partial charge is 0.489 e. The van der Waals surface area contributed by atoms with Gasteiger partial charge in [-0.15, -0.1) is 0 Å². The fraction of sp³-hybridized carbons (Fsp3) is 0.600. The summed E-state index contributed by atoms with van der Waals surface area (Å²) >= 11 is 5.68. The van der Waals surface area contributed by atoms with Crippen molar-refractivity contribution in [3.05, 3.63) is 28.8 Å². The average Bonchev–Trinajstić information content (AvgIpc) is 2.93. The molecule has 118 valence electrons. The third kappa shape index (κ3) is 4.27. The lowest BCUT2D eigenvalue weighted by Gasteiger charge is -2.26. The summed E-state index contributed by atoms with van der Waals surface area (Å²) in [5.74, 6) is 0.124. The first-order valence-electron chi connectivity index (χ1n) is 7.16. The van der Waals surface area contributed by atoms with Gasteiger partial charge in [-0.25, -0.2) is 0 Å². The van der Waals surface area contributed by atoms with Crippen LogP contribution in [-0.2, 0) is 6.18 Å². The maximum absolute atomic E-state index is 13.1. The zero-order valence-corrected chi connectivity index (χ0v) is 12.6. The maximum Gasteiger partial charge on any atom is 0.420 e. The average molecular weight is 322 g/mol. The van der Waals surface area contributed by atoms with Crippen molar-refractivity contribution < 1.29 is 17.9 Å². The third-order valence-electron chi connectivity index (χ3n) is 3.72. The second-order valence-electron chi connectivity index (χ2n) is 5.34. The lowest BCUT2D eigenvalue weighted by molar-refractivity contribution is -0.139. The van der Waals surface area contributed by atoms with Gasteiger partial charge in [-0.1, -0.05) is 24.9 Å². The quantitative estimate of drug-likeness (QED) is 0.861. The van der Waals surface area contributed by atoms with E-state index in [0.29, 0.717) is 0 Å². The minimum absolute atomic E-state index is 0.0595. The van der Waals surface area contributed by atoms with E-state index in [9.17, 15) is 13.2 Å². The summed E-state index contributed by atoms with van der Waals surface area (Å²) in [5, 5.41) is 3.29. The van der Waals surface area contributed by atoms with Crippen LogP contribution in [-0.4, -0.2) is 19.2 Å². The standard InChI is InChI=1S/C15H19ClF3NO/c1-2-3-13(10-6-7-20-9-10)21-14-5-4-11(16)8-12(14)15(17,18)19/h4-5,8,10,13,20H,2-3,6-7,9H2,1H3/t10-,13+/m0/s1. The van der Waals surface area contributed by atoms with Gasteiger partial charge in [-0.05, 0) is 37.6 Å². The Morgan fingerprint density at radius 2 is 2.19 bits per heavy atom. The number of hydrogen-bond donors (Lipinski definition) is 1.